The summed E-state index contributed by atoms with van der Waals surface area (Å²) >= 11 is 0. The first-order valence-electron chi connectivity index (χ1n) is 7.98. The van der Waals surface area contributed by atoms with Gasteiger partial charge in [0.15, 0.2) is 0 Å². The maximum atomic E-state index is 12.1. The van der Waals surface area contributed by atoms with Crippen LogP contribution in [0.5, 0.6) is 0 Å². The fraction of sp³-hybridized carbons (Fsp3) is 0.765. The first kappa shape index (κ1) is 17.7. The van der Waals surface area contributed by atoms with Crippen molar-refractivity contribution in [3.05, 3.63) is 0 Å². The van der Waals surface area contributed by atoms with Gasteiger partial charge in [0.1, 0.15) is 23.6 Å². The summed E-state index contributed by atoms with van der Waals surface area (Å²) in [5, 5.41) is 0. The molecule has 0 N–H and O–H groups in total. The number of ketones is 3. The molecule has 0 aromatic carbocycles. The van der Waals surface area contributed by atoms with Gasteiger partial charge in [-0.3, -0.25) is 9.59 Å². The van der Waals surface area contributed by atoms with E-state index in [9.17, 15) is 19.2 Å². The van der Waals surface area contributed by atoms with Gasteiger partial charge in [0, 0.05) is 37.5 Å². The number of carbonyl (C=O) groups is 4. The van der Waals surface area contributed by atoms with Crippen molar-refractivity contribution in [3.8, 4) is 0 Å². The maximum absolute atomic E-state index is 12.1. The molecule has 0 heterocycles. The van der Waals surface area contributed by atoms with Gasteiger partial charge in [-0.2, -0.15) is 0 Å². The van der Waals surface area contributed by atoms with Gasteiger partial charge in [0.05, 0.1) is 0 Å². The highest BCUT2D eigenvalue weighted by Crippen LogP contribution is 2.38. The number of rotatable bonds is 9. The fourth-order valence-electron chi connectivity index (χ4n) is 3.36. The molecule has 0 aliphatic heterocycles. The highest BCUT2D eigenvalue weighted by molar-refractivity contribution is 5.84. The average Bonchev–Trinajstić information content (AvgIpc) is 2.49. The van der Waals surface area contributed by atoms with Crippen molar-refractivity contribution in [2.45, 2.75) is 65.2 Å². The van der Waals surface area contributed by atoms with Crippen LogP contribution >= 0.6 is 0 Å². The van der Waals surface area contributed by atoms with Gasteiger partial charge in [0.25, 0.3) is 0 Å². The number of aldehydes is 1. The normalized spacial score (nSPS) is 25.3. The molecule has 0 aromatic rings. The SMILES string of the molecule is CCC(=O)C1CCC(C(=O)CCC=O)CC1CCC(C)=O. The molecule has 3 atom stereocenters. The minimum absolute atomic E-state index is 0.00414. The van der Waals surface area contributed by atoms with Crippen LogP contribution in [-0.2, 0) is 19.2 Å². The summed E-state index contributed by atoms with van der Waals surface area (Å²) in [4.78, 5) is 45.7. The summed E-state index contributed by atoms with van der Waals surface area (Å²) in [5.74, 6) is 0.624. The van der Waals surface area contributed by atoms with Crippen LogP contribution in [0, 0.1) is 17.8 Å². The van der Waals surface area contributed by atoms with Crippen molar-refractivity contribution in [3.63, 3.8) is 0 Å². The van der Waals surface area contributed by atoms with Crippen molar-refractivity contribution >= 4 is 23.6 Å². The highest BCUT2D eigenvalue weighted by atomic mass is 16.1. The molecule has 1 saturated carbocycles. The Labute approximate surface area is 126 Å². The van der Waals surface area contributed by atoms with E-state index in [1.54, 1.807) is 6.92 Å². The van der Waals surface area contributed by atoms with E-state index in [-0.39, 0.29) is 41.5 Å². The second-order valence-electron chi connectivity index (χ2n) is 6.11. The molecular formula is C17H26O4. The van der Waals surface area contributed by atoms with E-state index in [0.29, 0.717) is 32.1 Å². The molecule has 0 saturated heterocycles. The van der Waals surface area contributed by atoms with Gasteiger partial charge in [-0.25, -0.2) is 0 Å². The lowest BCUT2D eigenvalue weighted by atomic mass is 9.68. The van der Waals surface area contributed by atoms with Crippen LogP contribution in [0.4, 0.5) is 0 Å². The van der Waals surface area contributed by atoms with E-state index in [1.807, 2.05) is 6.92 Å². The lowest BCUT2D eigenvalue weighted by Crippen LogP contribution is -2.33. The Morgan fingerprint density at radius 3 is 2.38 bits per heavy atom. The molecule has 0 amide bonds. The topological polar surface area (TPSA) is 68.3 Å². The molecule has 118 valence electrons. The quantitative estimate of drug-likeness (QED) is 0.613. The molecule has 21 heavy (non-hydrogen) atoms. The zero-order chi connectivity index (χ0) is 15.8. The van der Waals surface area contributed by atoms with Crippen molar-refractivity contribution in [2.24, 2.45) is 17.8 Å². The molecule has 0 radical (unpaired) electrons. The predicted molar refractivity (Wildman–Crippen MR) is 79.8 cm³/mol. The molecule has 1 fully saturated rings. The fourth-order valence-corrected chi connectivity index (χ4v) is 3.36. The molecule has 1 rings (SSSR count). The average molecular weight is 294 g/mol. The van der Waals surface area contributed by atoms with Gasteiger partial charge in [-0.05, 0) is 38.5 Å². The summed E-state index contributed by atoms with van der Waals surface area (Å²) in [6.07, 6.45) is 5.24. The van der Waals surface area contributed by atoms with Crippen LogP contribution < -0.4 is 0 Å². The molecule has 4 heteroatoms. The van der Waals surface area contributed by atoms with Gasteiger partial charge < -0.3 is 9.59 Å². The van der Waals surface area contributed by atoms with Crippen molar-refractivity contribution < 1.29 is 19.2 Å². The lowest BCUT2D eigenvalue weighted by Gasteiger charge is -2.34. The second-order valence-corrected chi connectivity index (χ2v) is 6.11. The summed E-state index contributed by atoms with van der Waals surface area (Å²) in [7, 11) is 0. The van der Waals surface area contributed by atoms with Crippen LogP contribution in [0.3, 0.4) is 0 Å². The number of hydrogen-bond acceptors (Lipinski definition) is 4. The van der Waals surface area contributed by atoms with Gasteiger partial charge in [-0.1, -0.05) is 6.92 Å². The summed E-state index contributed by atoms with van der Waals surface area (Å²) in [6, 6.07) is 0. The number of hydrogen-bond donors (Lipinski definition) is 0. The van der Waals surface area contributed by atoms with Gasteiger partial charge in [0.2, 0.25) is 0 Å². The third-order valence-electron chi connectivity index (χ3n) is 4.58. The van der Waals surface area contributed by atoms with E-state index in [2.05, 4.69) is 0 Å². The van der Waals surface area contributed by atoms with Gasteiger partial charge >= 0.3 is 0 Å². The highest BCUT2D eigenvalue weighted by Gasteiger charge is 2.36. The molecule has 3 unspecified atom stereocenters. The Kier molecular flexibility index (Phi) is 7.48. The summed E-state index contributed by atoms with van der Waals surface area (Å²) in [5.41, 5.74) is 0. The smallest absolute Gasteiger partial charge is 0.136 e. The van der Waals surface area contributed by atoms with Crippen molar-refractivity contribution in [2.75, 3.05) is 0 Å². The molecule has 1 aliphatic carbocycles. The van der Waals surface area contributed by atoms with Crippen LogP contribution in [0.25, 0.3) is 0 Å². The van der Waals surface area contributed by atoms with Crippen LogP contribution in [0.15, 0.2) is 0 Å². The van der Waals surface area contributed by atoms with Crippen LogP contribution in [0.2, 0.25) is 0 Å². The van der Waals surface area contributed by atoms with E-state index in [0.717, 1.165) is 19.1 Å². The Hall–Kier alpha value is -1.32. The molecule has 1 aliphatic rings. The van der Waals surface area contributed by atoms with Crippen molar-refractivity contribution in [1.29, 1.82) is 0 Å². The Bertz CT molecular complexity index is 400. The Morgan fingerprint density at radius 1 is 1.10 bits per heavy atom. The monoisotopic (exact) mass is 294 g/mol. The molecule has 0 bridgehead atoms. The minimum Gasteiger partial charge on any atom is -0.303 e. The van der Waals surface area contributed by atoms with Crippen molar-refractivity contribution in [1.82, 2.24) is 0 Å². The van der Waals surface area contributed by atoms with Crippen LogP contribution in [0.1, 0.15) is 65.2 Å². The summed E-state index contributed by atoms with van der Waals surface area (Å²) < 4.78 is 0. The lowest BCUT2D eigenvalue weighted by molar-refractivity contribution is -0.131. The van der Waals surface area contributed by atoms with Gasteiger partial charge in [-0.15, -0.1) is 0 Å². The molecule has 0 aromatic heterocycles. The zero-order valence-electron chi connectivity index (χ0n) is 13.1. The standard InChI is InChI=1S/C17H26O4/c1-3-16(20)15-9-8-14(17(21)5-4-10-18)11-13(15)7-6-12(2)19/h10,13-15H,3-9,11H2,1-2H3. The van der Waals surface area contributed by atoms with Crippen LogP contribution in [-0.4, -0.2) is 23.6 Å². The predicted octanol–water partition coefficient (Wildman–Crippen LogP) is 2.92. The Balaban J connectivity index is 2.68. The first-order chi connectivity index (χ1) is 9.99. The number of carbonyl (C=O) groups excluding carboxylic acids is 4. The van der Waals surface area contributed by atoms with E-state index in [4.69, 9.17) is 0 Å². The number of Topliss-reactive ketones (excluding diaryl/α,β-unsaturated/α-hetero) is 3. The Morgan fingerprint density at radius 2 is 1.81 bits per heavy atom. The molecular weight excluding hydrogens is 268 g/mol. The summed E-state index contributed by atoms with van der Waals surface area (Å²) in [6.45, 7) is 3.43. The largest absolute Gasteiger partial charge is 0.303 e. The minimum atomic E-state index is -0.0391. The van der Waals surface area contributed by atoms with E-state index >= 15 is 0 Å². The third-order valence-corrected chi connectivity index (χ3v) is 4.58. The zero-order valence-corrected chi connectivity index (χ0v) is 13.1. The van der Waals surface area contributed by atoms with E-state index in [1.165, 1.54) is 0 Å². The third kappa shape index (κ3) is 5.52. The van der Waals surface area contributed by atoms with E-state index < -0.39 is 0 Å². The molecule has 0 spiro atoms. The second kappa shape index (κ2) is 8.85. The maximum Gasteiger partial charge on any atom is 0.136 e. The first-order valence-corrected chi connectivity index (χ1v) is 7.98. The molecule has 4 nitrogen and oxygen atoms in total.